The van der Waals surface area contributed by atoms with E-state index in [1.807, 2.05) is 0 Å². The lowest BCUT2D eigenvalue weighted by molar-refractivity contribution is 0.803. The molecular weight excluding hydrogens is 809 g/mol. The van der Waals surface area contributed by atoms with Gasteiger partial charge in [-0.25, -0.2) is 0 Å². The average Bonchev–Trinajstić information content (AvgIpc) is 3.82. The Kier molecular flexibility index (Phi) is 8.73. The number of rotatable bonds is 6. The Labute approximate surface area is 392 Å². The van der Waals surface area contributed by atoms with E-state index in [0.29, 0.717) is 0 Å². The van der Waals surface area contributed by atoms with Crippen molar-refractivity contribution in [3.8, 4) is 22.3 Å². The highest BCUT2D eigenvalue weighted by Gasteiger charge is 2.53. The van der Waals surface area contributed by atoms with Gasteiger partial charge in [0.2, 0.25) is 0 Å². The maximum absolute atomic E-state index is 2.54. The van der Waals surface area contributed by atoms with Crippen LogP contribution in [0.25, 0.3) is 54.6 Å². The SMILES string of the molecule is Cc1ccc(N(c2ccccc2)c2ccc3cc4c(cc3c2)C2(c3ccccc3-c3c2ccc2ccccc32)c2c-4ccc3cc(N(c4ccccc4)c4ccc(C)cc4C)ccc23)c(C)c1. The fraction of sp³-hybridized carbons (Fsp3) is 0.0769. The van der Waals surface area contributed by atoms with Crippen molar-refractivity contribution in [1.82, 2.24) is 0 Å². The fourth-order valence-corrected chi connectivity index (χ4v) is 11.9. The highest BCUT2D eigenvalue weighted by Crippen LogP contribution is 2.65. The van der Waals surface area contributed by atoms with E-state index in [2.05, 4.69) is 256 Å². The van der Waals surface area contributed by atoms with Crippen molar-refractivity contribution < 1.29 is 0 Å². The molecule has 11 aromatic carbocycles. The summed E-state index contributed by atoms with van der Waals surface area (Å²) < 4.78 is 0. The summed E-state index contributed by atoms with van der Waals surface area (Å²) in [5.41, 5.74) is 22.0. The predicted octanol–water partition coefficient (Wildman–Crippen LogP) is 17.7. The molecule has 1 unspecified atom stereocenters. The van der Waals surface area contributed by atoms with Gasteiger partial charge in [0.1, 0.15) is 0 Å². The number of para-hydroxylation sites is 2. The quantitative estimate of drug-likeness (QED) is 0.164. The van der Waals surface area contributed by atoms with Crippen molar-refractivity contribution in [1.29, 1.82) is 0 Å². The van der Waals surface area contributed by atoms with E-state index < -0.39 is 5.41 Å². The first-order chi connectivity index (χ1) is 32.9. The van der Waals surface area contributed by atoms with Crippen LogP contribution in [0.5, 0.6) is 0 Å². The van der Waals surface area contributed by atoms with E-state index in [-0.39, 0.29) is 0 Å². The Morgan fingerprint density at radius 1 is 0.313 bits per heavy atom. The van der Waals surface area contributed by atoms with Gasteiger partial charge in [-0.05, 0) is 188 Å². The molecule has 13 rings (SSSR count). The maximum Gasteiger partial charge on any atom is 0.0731 e. The minimum atomic E-state index is -0.564. The Balaban J connectivity index is 1.09. The van der Waals surface area contributed by atoms with Gasteiger partial charge < -0.3 is 9.80 Å². The van der Waals surface area contributed by atoms with E-state index in [4.69, 9.17) is 0 Å². The lowest BCUT2D eigenvalue weighted by Gasteiger charge is -2.32. The summed E-state index contributed by atoms with van der Waals surface area (Å²) in [7, 11) is 0. The molecule has 0 N–H and O–H groups in total. The minimum Gasteiger partial charge on any atom is -0.310 e. The largest absolute Gasteiger partial charge is 0.310 e. The van der Waals surface area contributed by atoms with Crippen LogP contribution in [0, 0.1) is 27.7 Å². The van der Waals surface area contributed by atoms with Crippen LogP contribution in [0.1, 0.15) is 44.5 Å². The van der Waals surface area contributed by atoms with Gasteiger partial charge in [-0.15, -0.1) is 0 Å². The second-order valence-corrected chi connectivity index (χ2v) is 18.7. The zero-order chi connectivity index (χ0) is 45.0. The molecule has 2 heteroatoms. The summed E-state index contributed by atoms with van der Waals surface area (Å²) in [4.78, 5) is 4.83. The lowest BCUT2D eigenvalue weighted by Crippen LogP contribution is -2.26. The third kappa shape index (κ3) is 5.82. The Bertz CT molecular complexity index is 3810. The Morgan fingerprint density at radius 2 is 0.896 bits per heavy atom. The molecule has 0 saturated carbocycles. The van der Waals surface area contributed by atoms with Gasteiger partial charge in [-0.3, -0.25) is 0 Å². The number of hydrogen-bond donors (Lipinski definition) is 0. The van der Waals surface area contributed by atoms with Crippen LogP contribution >= 0.6 is 0 Å². The van der Waals surface area contributed by atoms with E-state index in [1.54, 1.807) is 0 Å². The van der Waals surface area contributed by atoms with E-state index >= 15 is 0 Å². The first-order valence-corrected chi connectivity index (χ1v) is 23.5. The van der Waals surface area contributed by atoms with Crippen molar-refractivity contribution >= 4 is 66.4 Å². The average molecular weight is 857 g/mol. The van der Waals surface area contributed by atoms with Crippen molar-refractivity contribution in [3.63, 3.8) is 0 Å². The van der Waals surface area contributed by atoms with E-state index in [0.717, 1.165) is 22.7 Å². The third-order valence-corrected chi connectivity index (χ3v) is 14.7. The summed E-state index contributed by atoms with van der Waals surface area (Å²) in [6.07, 6.45) is 0. The zero-order valence-electron chi connectivity index (χ0n) is 38.2. The van der Waals surface area contributed by atoms with Gasteiger partial charge in [0.25, 0.3) is 0 Å². The number of nitrogens with zero attached hydrogens (tertiary/aromatic N) is 2. The summed E-state index contributed by atoms with van der Waals surface area (Å²) in [5, 5.41) is 7.50. The molecule has 2 nitrogen and oxygen atoms in total. The minimum absolute atomic E-state index is 0.564. The zero-order valence-corrected chi connectivity index (χ0v) is 38.2. The van der Waals surface area contributed by atoms with Crippen molar-refractivity contribution in [3.05, 3.63) is 263 Å². The molecule has 0 heterocycles. The molecule has 67 heavy (non-hydrogen) atoms. The van der Waals surface area contributed by atoms with Gasteiger partial charge in [-0.2, -0.15) is 0 Å². The summed E-state index contributed by atoms with van der Waals surface area (Å²) in [6, 6.07) is 82.1. The van der Waals surface area contributed by atoms with Crippen LogP contribution in [0.3, 0.4) is 0 Å². The Hall–Kier alpha value is -8.20. The van der Waals surface area contributed by atoms with Crippen LogP contribution in [0.4, 0.5) is 34.1 Å². The first-order valence-electron chi connectivity index (χ1n) is 23.5. The van der Waals surface area contributed by atoms with Crippen LogP contribution in [0.2, 0.25) is 0 Å². The molecule has 2 aliphatic rings. The summed E-state index contributed by atoms with van der Waals surface area (Å²) in [5.74, 6) is 0. The molecule has 0 fully saturated rings. The lowest BCUT2D eigenvalue weighted by atomic mass is 9.69. The number of aryl methyl sites for hydroxylation is 4. The molecule has 0 bridgehead atoms. The number of fused-ring (bicyclic) bond motifs is 15. The molecular formula is C65H48N2. The summed E-state index contributed by atoms with van der Waals surface area (Å²) in [6.45, 7) is 8.79. The second-order valence-electron chi connectivity index (χ2n) is 18.7. The van der Waals surface area contributed by atoms with Gasteiger partial charge >= 0.3 is 0 Å². The molecule has 0 radical (unpaired) electrons. The molecule has 0 amide bonds. The molecule has 1 spiro atoms. The van der Waals surface area contributed by atoms with Crippen LogP contribution in [-0.4, -0.2) is 0 Å². The summed E-state index contributed by atoms with van der Waals surface area (Å²) >= 11 is 0. The highest BCUT2D eigenvalue weighted by atomic mass is 15.1. The first kappa shape index (κ1) is 39.2. The van der Waals surface area contributed by atoms with Crippen LogP contribution in [0.15, 0.2) is 218 Å². The van der Waals surface area contributed by atoms with Crippen molar-refractivity contribution in [2.75, 3.05) is 9.80 Å². The molecule has 11 aromatic rings. The smallest absolute Gasteiger partial charge is 0.0731 e. The molecule has 1 atom stereocenters. The molecule has 0 saturated heterocycles. The Morgan fingerprint density at radius 3 is 1.58 bits per heavy atom. The van der Waals surface area contributed by atoms with Gasteiger partial charge in [0, 0.05) is 34.1 Å². The third-order valence-electron chi connectivity index (χ3n) is 14.7. The second kappa shape index (κ2) is 14.9. The number of anilines is 6. The number of hydrogen-bond acceptors (Lipinski definition) is 2. The molecule has 0 aromatic heterocycles. The van der Waals surface area contributed by atoms with Crippen LogP contribution in [-0.2, 0) is 5.41 Å². The maximum atomic E-state index is 2.54. The van der Waals surface area contributed by atoms with Gasteiger partial charge in [0.05, 0.1) is 5.41 Å². The molecule has 2 aliphatic carbocycles. The molecule has 0 aliphatic heterocycles. The number of benzene rings is 11. The van der Waals surface area contributed by atoms with Crippen molar-refractivity contribution in [2.45, 2.75) is 33.1 Å². The highest BCUT2D eigenvalue weighted by molar-refractivity contribution is 6.11. The van der Waals surface area contributed by atoms with Crippen molar-refractivity contribution in [2.24, 2.45) is 0 Å². The van der Waals surface area contributed by atoms with E-state index in [9.17, 15) is 0 Å². The topological polar surface area (TPSA) is 6.48 Å². The predicted molar refractivity (Wildman–Crippen MR) is 284 cm³/mol. The van der Waals surface area contributed by atoms with Crippen LogP contribution < -0.4 is 9.80 Å². The van der Waals surface area contributed by atoms with Gasteiger partial charge in [0.15, 0.2) is 0 Å². The standard InChI is InChI=1S/C65H48N2/c1-41-23-33-61(43(3)35-41)66(49-16-7-5-8-17-49)51-28-25-46-39-57-55-30-26-47-37-52(67(50-18-9-6-10-19-50)62-34-24-42(2)36-44(62)4)29-31-54(47)64(55)65(60(57)40-48(46)38-51)58-22-14-13-21-56(58)63-53-20-12-11-15-45(53)27-32-59(63)65/h5-40H,1-4H3. The molecule has 318 valence electrons. The monoisotopic (exact) mass is 856 g/mol. The van der Waals surface area contributed by atoms with E-state index in [1.165, 1.54) is 110 Å². The fourth-order valence-electron chi connectivity index (χ4n) is 11.9. The van der Waals surface area contributed by atoms with Gasteiger partial charge in [-0.1, -0.05) is 157 Å². The normalized spacial score (nSPS) is 14.3.